The van der Waals surface area contributed by atoms with E-state index >= 15 is 0 Å². The summed E-state index contributed by atoms with van der Waals surface area (Å²) in [7, 11) is -1.66. The van der Waals surface area contributed by atoms with Crippen molar-refractivity contribution in [2.24, 2.45) is 12.5 Å². The van der Waals surface area contributed by atoms with Gasteiger partial charge < -0.3 is 14.8 Å². The normalized spacial score (nSPS) is 21.1. The second-order valence-electron chi connectivity index (χ2n) is 11.1. The van der Waals surface area contributed by atoms with Gasteiger partial charge in [0.1, 0.15) is 0 Å². The Balaban J connectivity index is 1.58. The summed E-state index contributed by atoms with van der Waals surface area (Å²) in [5, 5.41) is 3.50. The maximum absolute atomic E-state index is 14.6. The van der Waals surface area contributed by atoms with Crippen LogP contribution in [0.4, 0.5) is 5.69 Å². The number of sulfonamides is 1. The van der Waals surface area contributed by atoms with Crippen molar-refractivity contribution in [2.75, 3.05) is 24.5 Å². The quantitative estimate of drug-likeness (QED) is 0.461. The van der Waals surface area contributed by atoms with Crippen LogP contribution in [0.2, 0.25) is 5.02 Å². The van der Waals surface area contributed by atoms with Crippen molar-refractivity contribution in [1.82, 2.24) is 19.2 Å². The third-order valence-corrected chi connectivity index (χ3v) is 11.4. The van der Waals surface area contributed by atoms with Gasteiger partial charge in [0.25, 0.3) is 0 Å². The van der Waals surface area contributed by atoms with Crippen LogP contribution >= 0.6 is 11.6 Å². The second-order valence-corrected chi connectivity index (χ2v) is 13.8. The first-order valence-electron chi connectivity index (χ1n) is 13.4. The summed E-state index contributed by atoms with van der Waals surface area (Å²) in [4.78, 5) is 6.60. The van der Waals surface area contributed by atoms with Gasteiger partial charge >= 0.3 is 0 Å². The lowest BCUT2D eigenvalue weighted by molar-refractivity contribution is 0.212. The van der Waals surface area contributed by atoms with Crippen LogP contribution in [0.3, 0.4) is 0 Å². The molecule has 7 nitrogen and oxygen atoms in total. The summed E-state index contributed by atoms with van der Waals surface area (Å²) in [6.07, 6.45) is 6.00. The van der Waals surface area contributed by atoms with Crippen molar-refractivity contribution in [3.63, 3.8) is 0 Å². The number of piperidine rings is 1. The molecule has 0 bridgehead atoms. The lowest BCUT2D eigenvalue weighted by Gasteiger charge is -2.42. The van der Waals surface area contributed by atoms with Gasteiger partial charge in [-0.3, -0.25) is 0 Å². The van der Waals surface area contributed by atoms with Gasteiger partial charge in [0.05, 0.1) is 23.8 Å². The lowest BCUT2D eigenvalue weighted by Crippen LogP contribution is -2.53. The highest BCUT2D eigenvalue weighted by Gasteiger charge is 2.46. The molecule has 1 fully saturated rings. The molecule has 2 aromatic carbocycles. The van der Waals surface area contributed by atoms with Crippen molar-refractivity contribution >= 4 is 27.3 Å². The molecule has 0 radical (unpaired) electrons. The first-order valence-corrected chi connectivity index (χ1v) is 15.3. The fraction of sp³-hybridized carbons (Fsp3) is 0.483. The van der Waals surface area contributed by atoms with Crippen LogP contribution in [0.5, 0.6) is 0 Å². The van der Waals surface area contributed by atoms with Gasteiger partial charge in [-0.15, -0.1) is 0 Å². The maximum atomic E-state index is 14.6. The number of benzene rings is 2. The van der Waals surface area contributed by atoms with E-state index in [4.69, 9.17) is 11.6 Å². The van der Waals surface area contributed by atoms with E-state index in [-0.39, 0.29) is 11.5 Å². The Morgan fingerprint density at radius 3 is 2.58 bits per heavy atom. The van der Waals surface area contributed by atoms with Gasteiger partial charge in [-0.1, -0.05) is 48.9 Å². The van der Waals surface area contributed by atoms with E-state index in [9.17, 15) is 8.42 Å². The van der Waals surface area contributed by atoms with Gasteiger partial charge in [0, 0.05) is 43.1 Å². The Morgan fingerprint density at radius 1 is 1.16 bits per heavy atom. The van der Waals surface area contributed by atoms with Crippen LogP contribution in [0.1, 0.15) is 43.5 Å². The fourth-order valence-electron chi connectivity index (χ4n) is 5.93. The molecule has 5 rings (SSSR count). The SMILES string of the molecule is CC(C1(C)CCNCC1)S(=O)(=O)N1Cc2cc(Cl)ccc2N(Cc2cncn2C)C[C@H]1Cc1ccccc1. The van der Waals surface area contributed by atoms with Crippen LogP contribution in [0, 0.1) is 5.41 Å². The lowest BCUT2D eigenvalue weighted by atomic mass is 9.78. The average molecular weight is 556 g/mol. The van der Waals surface area contributed by atoms with Crippen molar-refractivity contribution in [1.29, 1.82) is 0 Å². The molecular weight excluding hydrogens is 518 g/mol. The van der Waals surface area contributed by atoms with E-state index in [0.29, 0.717) is 31.1 Å². The molecule has 2 aliphatic rings. The Kier molecular flexibility index (Phi) is 7.87. The molecule has 0 spiro atoms. The summed E-state index contributed by atoms with van der Waals surface area (Å²) >= 11 is 6.47. The molecule has 0 saturated carbocycles. The smallest absolute Gasteiger partial charge is 0.217 e. The standard InChI is InChI=1S/C29H38ClN5O2S/c1-22(29(2)11-13-31-14-12-29)38(36,37)35-18-24-16-25(30)9-10-28(24)34(20-27-17-32-21-33(27)3)19-26(35)15-23-7-5-4-6-8-23/h4-10,16-17,21-22,26,31H,11-15,18-20H2,1-3H3/t22?,26-/m1/s1. The van der Waals surface area contributed by atoms with Crippen LogP contribution in [-0.4, -0.2) is 53.2 Å². The zero-order chi connectivity index (χ0) is 26.9. The summed E-state index contributed by atoms with van der Waals surface area (Å²) in [6, 6.07) is 15.8. The molecule has 0 amide bonds. The van der Waals surface area contributed by atoms with Crippen LogP contribution in [0.25, 0.3) is 0 Å². The van der Waals surface area contributed by atoms with E-state index < -0.39 is 15.3 Å². The number of nitrogens with zero attached hydrogens (tertiary/aromatic N) is 4. The van der Waals surface area contributed by atoms with Gasteiger partial charge in [0.15, 0.2) is 0 Å². The molecule has 0 aliphatic carbocycles. The average Bonchev–Trinajstić information content (AvgIpc) is 3.24. The number of imidazole rings is 1. The highest BCUT2D eigenvalue weighted by molar-refractivity contribution is 7.89. The number of hydrogen-bond donors (Lipinski definition) is 1. The van der Waals surface area contributed by atoms with Crippen LogP contribution < -0.4 is 10.2 Å². The van der Waals surface area contributed by atoms with E-state index in [2.05, 4.69) is 34.3 Å². The van der Waals surface area contributed by atoms with Gasteiger partial charge in [0.2, 0.25) is 10.0 Å². The molecule has 204 valence electrons. The number of aromatic nitrogens is 2. The molecule has 1 aromatic heterocycles. The molecule has 1 unspecified atom stereocenters. The van der Waals surface area contributed by atoms with Crippen LogP contribution in [-0.2, 0) is 36.6 Å². The largest absolute Gasteiger partial charge is 0.364 e. The molecule has 3 heterocycles. The highest BCUT2D eigenvalue weighted by Crippen LogP contribution is 2.40. The topological polar surface area (TPSA) is 70.5 Å². The van der Waals surface area contributed by atoms with Crippen molar-refractivity contribution < 1.29 is 8.42 Å². The first-order chi connectivity index (χ1) is 18.2. The van der Waals surface area contributed by atoms with E-state index in [1.54, 1.807) is 10.6 Å². The predicted molar refractivity (Wildman–Crippen MR) is 154 cm³/mol. The van der Waals surface area contributed by atoms with E-state index in [0.717, 1.165) is 48.4 Å². The summed E-state index contributed by atoms with van der Waals surface area (Å²) in [5.74, 6) is 0. The maximum Gasteiger partial charge on any atom is 0.217 e. The van der Waals surface area contributed by atoms with Gasteiger partial charge in [-0.05, 0) is 74.0 Å². The van der Waals surface area contributed by atoms with Crippen molar-refractivity contribution in [3.05, 3.63) is 82.9 Å². The highest BCUT2D eigenvalue weighted by atomic mass is 35.5. The number of rotatable bonds is 7. The number of hydrogen-bond acceptors (Lipinski definition) is 5. The second kappa shape index (κ2) is 11.0. The first kappa shape index (κ1) is 27.2. The minimum absolute atomic E-state index is 0.241. The predicted octanol–water partition coefficient (Wildman–Crippen LogP) is 4.62. The zero-order valence-electron chi connectivity index (χ0n) is 22.5. The Bertz CT molecular complexity index is 1350. The van der Waals surface area contributed by atoms with Gasteiger partial charge in [-0.25, -0.2) is 13.4 Å². The number of fused-ring (bicyclic) bond motifs is 1. The summed E-state index contributed by atoms with van der Waals surface area (Å²) in [5.41, 5.74) is 3.87. The third kappa shape index (κ3) is 5.50. The molecule has 38 heavy (non-hydrogen) atoms. The Hall–Kier alpha value is -2.39. The molecule has 2 aliphatic heterocycles. The van der Waals surface area contributed by atoms with Crippen LogP contribution in [0.15, 0.2) is 61.1 Å². The Labute approximate surface area is 231 Å². The molecule has 1 saturated heterocycles. The third-order valence-electron chi connectivity index (χ3n) is 8.63. The van der Waals surface area contributed by atoms with E-state index in [1.807, 2.05) is 61.1 Å². The Morgan fingerprint density at radius 2 is 1.89 bits per heavy atom. The molecule has 3 aromatic rings. The summed E-state index contributed by atoms with van der Waals surface area (Å²) in [6.45, 7) is 7.25. The monoisotopic (exact) mass is 555 g/mol. The van der Waals surface area contributed by atoms with Crippen molar-refractivity contribution in [2.45, 2.75) is 57.5 Å². The minimum atomic E-state index is -3.64. The zero-order valence-corrected chi connectivity index (χ0v) is 24.0. The number of nitrogens with one attached hydrogen (secondary N) is 1. The number of aryl methyl sites for hydroxylation is 1. The summed E-state index contributed by atoms with van der Waals surface area (Å²) < 4.78 is 32.9. The molecular formula is C29H38ClN5O2S. The van der Waals surface area contributed by atoms with Crippen molar-refractivity contribution in [3.8, 4) is 0 Å². The number of anilines is 1. The van der Waals surface area contributed by atoms with Gasteiger partial charge in [-0.2, -0.15) is 4.31 Å². The molecule has 2 atom stereocenters. The molecule has 9 heteroatoms. The van der Waals surface area contributed by atoms with E-state index in [1.165, 1.54) is 0 Å². The molecule has 1 N–H and O–H groups in total. The number of halogens is 1. The minimum Gasteiger partial charge on any atom is -0.364 e. The fourth-order valence-corrected chi connectivity index (χ4v) is 8.36.